The fourth-order valence-corrected chi connectivity index (χ4v) is 6.84. The van der Waals surface area contributed by atoms with Gasteiger partial charge in [0.25, 0.3) is 0 Å². The Hall–Kier alpha value is -2.09. The Morgan fingerprint density at radius 2 is 1.38 bits per heavy atom. The molecule has 4 fully saturated rings. The Labute approximate surface area is 156 Å². The molecule has 6 rings (SSSR count). The molecule has 1 N–H and O–H groups in total. The van der Waals surface area contributed by atoms with Gasteiger partial charge in [-0.3, -0.25) is 4.79 Å². The normalized spacial score (nSPS) is 34.7. The van der Waals surface area contributed by atoms with Crippen LogP contribution in [-0.4, -0.2) is 5.91 Å². The molecule has 2 heteroatoms. The van der Waals surface area contributed by atoms with Crippen LogP contribution in [0.1, 0.15) is 56.6 Å². The van der Waals surface area contributed by atoms with Crippen LogP contribution < -0.4 is 5.32 Å². The van der Waals surface area contributed by atoms with Crippen molar-refractivity contribution in [1.82, 2.24) is 0 Å². The molecule has 0 aliphatic heterocycles. The third-order valence-electron chi connectivity index (χ3n) is 7.26. The van der Waals surface area contributed by atoms with E-state index in [4.69, 9.17) is 0 Å². The van der Waals surface area contributed by atoms with Gasteiger partial charge in [0.05, 0.1) is 0 Å². The summed E-state index contributed by atoms with van der Waals surface area (Å²) < 4.78 is 0. The minimum absolute atomic E-state index is 0.00409. The van der Waals surface area contributed by atoms with Gasteiger partial charge in [-0.05, 0) is 84.5 Å². The van der Waals surface area contributed by atoms with Crippen molar-refractivity contribution < 1.29 is 4.79 Å². The predicted molar refractivity (Wildman–Crippen MR) is 105 cm³/mol. The van der Waals surface area contributed by atoms with Crippen molar-refractivity contribution in [2.75, 3.05) is 5.32 Å². The molecule has 4 bridgehead atoms. The van der Waals surface area contributed by atoms with Crippen LogP contribution in [0.4, 0.5) is 5.69 Å². The Balaban J connectivity index is 1.52. The fourth-order valence-electron chi connectivity index (χ4n) is 6.84. The number of rotatable bonds is 3. The van der Waals surface area contributed by atoms with Crippen molar-refractivity contribution in [3.63, 3.8) is 0 Å². The van der Waals surface area contributed by atoms with Crippen molar-refractivity contribution in [3.8, 4) is 0 Å². The molecule has 2 unspecified atom stereocenters. The minimum Gasteiger partial charge on any atom is -0.326 e. The van der Waals surface area contributed by atoms with E-state index in [2.05, 4.69) is 59.9 Å². The van der Waals surface area contributed by atoms with Gasteiger partial charge in [0, 0.05) is 12.6 Å². The number of carbonyl (C=O) groups is 1. The maximum Gasteiger partial charge on any atom is 0.221 e. The molecule has 0 radical (unpaired) electrons. The maximum absolute atomic E-state index is 11.3. The maximum atomic E-state index is 11.3. The Morgan fingerprint density at radius 3 is 1.92 bits per heavy atom. The second kappa shape index (κ2) is 5.70. The van der Waals surface area contributed by atoms with E-state index >= 15 is 0 Å². The first-order valence-corrected chi connectivity index (χ1v) is 10.0. The summed E-state index contributed by atoms with van der Waals surface area (Å²) in [5.74, 6) is 1.73. The number of nitrogens with one attached hydrogen (secondary N) is 1. The average Bonchev–Trinajstić information content (AvgIpc) is 2.61. The number of benzene rings is 2. The first kappa shape index (κ1) is 16.1. The van der Waals surface area contributed by atoms with Crippen LogP contribution in [0.25, 0.3) is 0 Å². The second-order valence-corrected chi connectivity index (χ2v) is 9.15. The van der Waals surface area contributed by atoms with Crippen molar-refractivity contribution in [2.24, 2.45) is 11.8 Å². The summed E-state index contributed by atoms with van der Waals surface area (Å²) in [4.78, 5) is 11.3. The lowest BCUT2D eigenvalue weighted by atomic mass is 9.42. The lowest BCUT2D eigenvalue weighted by Gasteiger charge is -2.62. The smallest absolute Gasteiger partial charge is 0.221 e. The van der Waals surface area contributed by atoms with Gasteiger partial charge in [-0.1, -0.05) is 42.5 Å². The summed E-state index contributed by atoms with van der Waals surface area (Å²) in [6, 6.07) is 20.0. The standard InChI is InChI=1S/C24H27NO/c1-17(26)25-22-9-7-21(8-10-22)24-14-18-11-19(15-24)13-23(12-18,16-24)20-5-3-2-4-6-20/h2-10,18-19H,11-16H2,1H3,(H,25,26). The van der Waals surface area contributed by atoms with Gasteiger partial charge in [-0.15, -0.1) is 0 Å². The third kappa shape index (κ3) is 2.50. The van der Waals surface area contributed by atoms with E-state index in [1.54, 1.807) is 12.5 Å². The van der Waals surface area contributed by atoms with Crippen LogP contribution in [0.15, 0.2) is 54.6 Å². The molecule has 4 saturated carbocycles. The van der Waals surface area contributed by atoms with Gasteiger partial charge >= 0.3 is 0 Å². The predicted octanol–water partition coefficient (Wildman–Crippen LogP) is 5.43. The molecule has 0 heterocycles. The zero-order chi connectivity index (χ0) is 17.8. The SMILES string of the molecule is CC(=O)Nc1ccc(C23CC4CC(CC(c5ccccc5)(C4)C2)C3)cc1. The highest BCUT2D eigenvalue weighted by atomic mass is 16.1. The molecule has 4 aliphatic carbocycles. The molecule has 134 valence electrons. The average molecular weight is 345 g/mol. The summed E-state index contributed by atoms with van der Waals surface area (Å²) in [7, 11) is 0. The summed E-state index contributed by atoms with van der Waals surface area (Å²) in [6.45, 7) is 1.57. The molecule has 0 aromatic heterocycles. The third-order valence-corrected chi connectivity index (χ3v) is 7.26. The van der Waals surface area contributed by atoms with Crippen LogP contribution in [0.3, 0.4) is 0 Å². The zero-order valence-corrected chi connectivity index (χ0v) is 15.5. The van der Waals surface area contributed by atoms with Gasteiger partial charge in [0.2, 0.25) is 5.91 Å². The van der Waals surface area contributed by atoms with Crippen LogP contribution in [0.5, 0.6) is 0 Å². The molecule has 4 aliphatic rings. The van der Waals surface area contributed by atoms with Crippen LogP contribution in [0.2, 0.25) is 0 Å². The van der Waals surface area contributed by atoms with Gasteiger partial charge in [-0.2, -0.15) is 0 Å². The van der Waals surface area contributed by atoms with E-state index in [1.807, 2.05) is 0 Å². The number of anilines is 1. The van der Waals surface area contributed by atoms with E-state index in [0.29, 0.717) is 10.8 Å². The van der Waals surface area contributed by atoms with E-state index < -0.39 is 0 Å². The Bertz CT molecular complexity index is 809. The highest BCUT2D eigenvalue weighted by Crippen LogP contribution is 2.66. The fraction of sp³-hybridized carbons (Fsp3) is 0.458. The second-order valence-electron chi connectivity index (χ2n) is 9.15. The van der Waals surface area contributed by atoms with Crippen molar-refractivity contribution in [3.05, 3.63) is 65.7 Å². The molecule has 0 saturated heterocycles. The summed E-state index contributed by atoms with van der Waals surface area (Å²) in [5.41, 5.74) is 4.66. The molecular weight excluding hydrogens is 318 g/mol. The lowest BCUT2D eigenvalue weighted by molar-refractivity contribution is -0.114. The molecule has 0 spiro atoms. The molecule has 1 amide bonds. The summed E-state index contributed by atoms with van der Waals surface area (Å²) in [5, 5.41) is 2.90. The van der Waals surface area contributed by atoms with Crippen LogP contribution in [-0.2, 0) is 15.6 Å². The molecular formula is C24H27NO. The molecule has 26 heavy (non-hydrogen) atoms. The van der Waals surface area contributed by atoms with E-state index in [1.165, 1.54) is 44.1 Å². The summed E-state index contributed by atoms with van der Waals surface area (Å²) in [6.07, 6.45) is 8.16. The van der Waals surface area contributed by atoms with Crippen LogP contribution in [0, 0.1) is 11.8 Å². The van der Waals surface area contributed by atoms with Crippen molar-refractivity contribution in [2.45, 2.75) is 56.3 Å². The highest BCUT2D eigenvalue weighted by molar-refractivity contribution is 5.88. The first-order valence-electron chi connectivity index (χ1n) is 10.0. The zero-order valence-electron chi connectivity index (χ0n) is 15.5. The van der Waals surface area contributed by atoms with Gasteiger partial charge in [-0.25, -0.2) is 0 Å². The first-order chi connectivity index (χ1) is 12.6. The topological polar surface area (TPSA) is 29.1 Å². The van der Waals surface area contributed by atoms with E-state index in [0.717, 1.165) is 17.5 Å². The molecule has 2 nitrogen and oxygen atoms in total. The number of hydrogen-bond acceptors (Lipinski definition) is 1. The van der Waals surface area contributed by atoms with Crippen molar-refractivity contribution in [1.29, 1.82) is 0 Å². The largest absolute Gasteiger partial charge is 0.326 e. The summed E-state index contributed by atoms with van der Waals surface area (Å²) >= 11 is 0. The van der Waals surface area contributed by atoms with Crippen molar-refractivity contribution >= 4 is 11.6 Å². The Morgan fingerprint density at radius 1 is 0.846 bits per heavy atom. The Kier molecular flexibility index (Phi) is 3.53. The van der Waals surface area contributed by atoms with E-state index in [9.17, 15) is 4.79 Å². The number of hydrogen-bond donors (Lipinski definition) is 1. The highest BCUT2D eigenvalue weighted by Gasteiger charge is 2.58. The quantitative estimate of drug-likeness (QED) is 0.789. The van der Waals surface area contributed by atoms with Gasteiger partial charge in [0.1, 0.15) is 0 Å². The molecule has 2 aromatic rings. The minimum atomic E-state index is -0.00409. The molecule has 2 aromatic carbocycles. The van der Waals surface area contributed by atoms with Gasteiger partial charge in [0.15, 0.2) is 0 Å². The van der Waals surface area contributed by atoms with Crippen LogP contribution >= 0.6 is 0 Å². The van der Waals surface area contributed by atoms with Gasteiger partial charge < -0.3 is 5.32 Å². The number of carbonyl (C=O) groups excluding carboxylic acids is 1. The monoisotopic (exact) mass is 345 g/mol. The molecule has 2 atom stereocenters. The number of amides is 1. The van der Waals surface area contributed by atoms with E-state index in [-0.39, 0.29) is 5.91 Å². The lowest BCUT2D eigenvalue weighted by Crippen LogP contribution is -2.55.